The number of nitrogens with two attached hydrogens (primary N) is 1. The summed E-state index contributed by atoms with van der Waals surface area (Å²) >= 11 is 0. The molecule has 4 rings (SSSR count). The first-order chi connectivity index (χ1) is 15.8. The van der Waals surface area contributed by atoms with E-state index in [1.807, 2.05) is 6.07 Å². The summed E-state index contributed by atoms with van der Waals surface area (Å²) in [5.41, 5.74) is 8.82. The van der Waals surface area contributed by atoms with Crippen LogP contribution in [0.25, 0.3) is 33.5 Å². The van der Waals surface area contributed by atoms with Gasteiger partial charge in [0.1, 0.15) is 23.2 Å². The zero-order valence-corrected chi connectivity index (χ0v) is 17.5. The van der Waals surface area contributed by atoms with Crippen LogP contribution in [0.15, 0.2) is 48.5 Å². The van der Waals surface area contributed by atoms with Crippen molar-refractivity contribution in [2.24, 2.45) is 5.73 Å². The Bertz CT molecular complexity index is 1470. The van der Waals surface area contributed by atoms with Crippen LogP contribution in [0.1, 0.15) is 16.7 Å². The summed E-state index contributed by atoms with van der Waals surface area (Å²) in [6.07, 6.45) is -0.0792. The molecular weight excluding hydrogens is 422 g/mol. The van der Waals surface area contributed by atoms with Gasteiger partial charge in [0.25, 0.3) is 0 Å². The highest BCUT2D eigenvalue weighted by Crippen LogP contribution is 2.42. The number of ether oxygens (including phenoxy) is 1. The molecule has 33 heavy (non-hydrogen) atoms. The Labute approximate surface area is 188 Å². The SMILES string of the molecule is COC(=O)Cc1cc(-c2nc3ccc(C(=N)N)cc3[nH]2)c(O)c(-c2cc(C#N)ccc2O)c1. The van der Waals surface area contributed by atoms with Crippen LogP contribution >= 0.6 is 0 Å². The van der Waals surface area contributed by atoms with Gasteiger partial charge in [0, 0.05) is 16.7 Å². The van der Waals surface area contributed by atoms with Crippen molar-refractivity contribution < 1.29 is 19.7 Å². The van der Waals surface area contributed by atoms with Crippen molar-refractivity contribution in [3.05, 3.63) is 65.2 Å². The lowest BCUT2D eigenvalue weighted by Crippen LogP contribution is -2.10. The van der Waals surface area contributed by atoms with E-state index in [0.29, 0.717) is 33.5 Å². The van der Waals surface area contributed by atoms with E-state index in [1.54, 1.807) is 30.3 Å². The van der Waals surface area contributed by atoms with Gasteiger partial charge in [0.15, 0.2) is 0 Å². The topological polar surface area (TPSA) is 169 Å². The number of nitrogens with zero attached hydrogens (tertiary/aromatic N) is 2. The quantitative estimate of drug-likeness (QED) is 0.180. The molecule has 1 heterocycles. The van der Waals surface area contributed by atoms with Gasteiger partial charge in [0.05, 0.1) is 41.8 Å². The summed E-state index contributed by atoms with van der Waals surface area (Å²) < 4.78 is 4.77. The van der Waals surface area contributed by atoms with Crippen LogP contribution in [-0.4, -0.2) is 39.1 Å². The molecule has 0 aliphatic rings. The number of nitriles is 1. The second-order valence-electron chi connectivity index (χ2n) is 7.37. The average molecular weight is 441 g/mol. The van der Waals surface area contributed by atoms with Gasteiger partial charge in [-0.15, -0.1) is 0 Å². The van der Waals surface area contributed by atoms with Gasteiger partial charge in [-0.25, -0.2) is 4.98 Å². The third kappa shape index (κ3) is 4.05. The molecule has 0 saturated carbocycles. The van der Waals surface area contributed by atoms with Gasteiger partial charge in [-0.05, 0) is 54.1 Å². The van der Waals surface area contributed by atoms with Crippen LogP contribution < -0.4 is 5.73 Å². The number of amidine groups is 1. The highest BCUT2D eigenvalue weighted by Gasteiger charge is 2.20. The average Bonchev–Trinajstić information content (AvgIpc) is 3.23. The van der Waals surface area contributed by atoms with Gasteiger partial charge >= 0.3 is 5.97 Å². The summed E-state index contributed by atoms with van der Waals surface area (Å²) in [6, 6.07) is 14.5. The van der Waals surface area contributed by atoms with Gasteiger partial charge in [0.2, 0.25) is 0 Å². The largest absolute Gasteiger partial charge is 0.507 e. The summed E-state index contributed by atoms with van der Waals surface area (Å²) in [5.74, 6) is -0.595. The monoisotopic (exact) mass is 441 g/mol. The van der Waals surface area contributed by atoms with Crippen molar-refractivity contribution >= 4 is 22.8 Å². The first-order valence-electron chi connectivity index (χ1n) is 9.81. The maximum absolute atomic E-state index is 11.9. The molecule has 0 radical (unpaired) electrons. The number of hydrogen-bond donors (Lipinski definition) is 5. The number of methoxy groups -OCH3 is 1. The Morgan fingerprint density at radius 2 is 1.91 bits per heavy atom. The molecule has 6 N–H and O–H groups in total. The second kappa shape index (κ2) is 8.36. The van der Waals surface area contributed by atoms with Gasteiger partial charge in [-0.1, -0.05) is 0 Å². The molecule has 1 aromatic heterocycles. The molecule has 0 bridgehead atoms. The van der Waals surface area contributed by atoms with Gasteiger partial charge < -0.3 is 25.7 Å². The molecule has 0 saturated heterocycles. The highest BCUT2D eigenvalue weighted by atomic mass is 16.5. The number of hydrogen-bond acceptors (Lipinski definition) is 7. The third-order valence-corrected chi connectivity index (χ3v) is 5.21. The molecule has 0 atom stereocenters. The van der Waals surface area contributed by atoms with E-state index in [2.05, 4.69) is 9.97 Å². The number of H-pyrrole nitrogens is 1. The molecule has 0 aliphatic heterocycles. The van der Waals surface area contributed by atoms with Crippen molar-refractivity contribution in [3.63, 3.8) is 0 Å². The number of imidazole rings is 1. The summed E-state index contributed by atoms with van der Waals surface area (Å²) in [4.78, 5) is 19.6. The molecule has 164 valence electrons. The fourth-order valence-electron chi connectivity index (χ4n) is 3.55. The predicted molar refractivity (Wildman–Crippen MR) is 122 cm³/mol. The number of nitrogens with one attached hydrogen (secondary N) is 2. The number of carbonyl (C=O) groups excluding carboxylic acids is 1. The van der Waals surface area contributed by atoms with Crippen LogP contribution in [0.3, 0.4) is 0 Å². The van der Waals surface area contributed by atoms with Crippen molar-refractivity contribution in [2.75, 3.05) is 7.11 Å². The van der Waals surface area contributed by atoms with Gasteiger partial charge in [-0.2, -0.15) is 5.26 Å². The maximum Gasteiger partial charge on any atom is 0.309 e. The number of aromatic nitrogens is 2. The first-order valence-corrected chi connectivity index (χ1v) is 9.81. The molecule has 0 fully saturated rings. The van der Waals surface area contributed by atoms with E-state index in [0.717, 1.165) is 0 Å². The molecule has 0 amide bonds. The number of aromatic hydroxyl groups is 2. The van der Waals surface area contributed by atoms with Crippen molar-refractivity contribution in [2.45, 2.75) is 6.42 Å². The van der Waals surface area contributed by atoms with E-state index in [1.165, 1.54) is 25.3 Å². The Morgan fingerprint density at radius 3 is 2.61 bits per heavy atom. The molecule has 0 aliphatic carbocycles. The minimum absolute atomic E-state index is 0.0792. The second-order valence-corrected chi connectivity index (χ2v) is 7.37. The fourth-order valence-corrected chi connectivity index (χ4v) is 3.55. The fraction of sp³-hybridized carbons (Fsp3) is 0.0833. The number of phenols is 2. The number of fused-ring (bicyclic) bond motifs is 1. The number of rotatable bonds is 5. The molecule has 4 aromatic rings. The summed E-state index contributed by atoms with van der Waals surface area (Å²) in [7, 11) is 1.28. The molecule has 0 unspecified atom stereocenters. The summed E-state index contributed by atoms with van der Waals surface area (Å²) in [5, 5.41) is 38.4. The lowest BCUT2D eigenvalue weighted by molar-refractivity contribution is -0.139. The number of aromatic amines is 1. The molecule has 9 nitrogen and oxygen atoms in total. The van der Waals surface area contributed by atoms with E-state index >= 15 is 0 Å². The van der Waals surface area contributed by atoms with E-state index in [4.69, 9.17) is 15.9 Å². The Hall–Kier alpha value is -4.84. The Morgan fingerprint density at radius 1 is 1.15 bits per heavy atom. The lowest BCUT2D eigenvalue weighted by Gasteiger charge is -2.13. The third-order valence-electron chi connectivity index (χ3n) is 5.21. The molecule has 3 aromatic carbocycles. The standard InChI is InChI=1S/C24H19N5O4/c1-33-21(31)9-13-7-16(15-6-12(11-25)2-5-20(15)30)22(32)17(8-13)24-28-18-4-3-14(23(26)27)10-19(18)29-24/h2-8,10,30,32H,9H2,1H3,(H3,26,27)(H,28,29). The zero-order chi connectivity index (χ0) is 23.7. The number of carbonyl (C=O) groups is 1. The number of nitrogen functional groups attached to an aromatic ring is 1. The first kappa shape index (κ1) is 21.4. The normalized spacial score (nSPS) is 10.7. The maximum atomic E-state index is 11.9. The minimum Gasteiger partial charge on any atom is -0.507 e. The van der Waals surface area contributed by atoms with Crippen molar-refractivity contribution in [1.29, 1.82) is 10.7 Å². The Balaban J connectivity index is 1.95. The minimum atomic E-state index is -0.483. The van der Waals surface area contributed by atoms with Crippen LogP contribution in [-0.2, 0) is 16.0 Å². The number of benzene rings is 3. The van der Waals surface area contributed by atoms with E-state index in [-0.39, 0.29) is 40.4 Å². The van der Waals surface area contributed by atoms with E-state index in [9.17, 15) is 20.3 Å². The van der Waals surface area contributed by atoms with Gasteiger partial charge in [-0.3, -0.25) is 10.2 Å². The molecule has 0 spiro atoms. The molecular formula is C24H19N5O4. The number of phenolic OH excluding ortho intramolecular Hbond substituents is 2. The van der Waals surface area contributed by atoms with Crippen LogP contribution in [0.4, 0.5) is 0 Å². The van der Waals surface area contributed by atoms with Crippen molar-refractivity contribution in [3.8, 4) is 40.1 Å². The van der Waals surface area contributed by atoms with Crippen LogP contribution in [0.5, 0.6) is 11.5 Å². The van der Waals surface area contributed by atoms with Crippen molar-refractivity contribution in [1.82, 2.24) is 9.97 Å². The predicted octanol–water partition coefficient (Wildman–Crippen LogP) is 3.18. The zero-order valence-electron chi connectivity index (χ0n) is 17.5. The summed E-state index contributed by atoms with van der Waals surface area (Å²) in [6.45, 7) is 0. The Kier molecular flexibility index (Phi) is 5.42. The lowest BCUT2D eigenvalue weighted by atomic mass is 9.95. The number of esters is 1. The smallest absolute Gasteiger partial charge is 0.309 e. The highest BCUT2D eigenvalue weighted by molar-refractivity contribution is 5.98. The van der Waals surface area contributed by atoms with Crippen LogP contribution in [0, 0.1) is 16.7 Å². The van der Waals surface area contributed by atoms with Crippen LogP contribution in [0.2, 0.25) is 0 Å². The molecule has 9 heteroatoms. The van der Waals surface area contributed by atoms with E-state index < -0.39 is 5.97 Å².